The molecule has 0 unspecified atom stereocenters. The second kappa shape index (κ2) is 3.81. The molecule has 4 heteroatoms. The maximum Gasteiger partial charge on any atom is 0.330 e. The van der Waals surface area contributed by atoms with E-state index >= 15 is 0 Å². The molecular weight excluding hydrogens is 204 g/mol. The van der Waals surface area contributed by atoms with Crippen LogP contribution in [0.1, 0.15) is 0 Å². The van der Waals surface area contributed by atoms with Crippen molar-refractivity contribution in [2.45, 2.75) is 0 Å². The van der Waals surface area contributed by atoms with Crippen LogP contribution in [0.3, 0.4) is 0 Å². The van der Waals surface area contributed by atoms with Gasteiger partial charge in [-0.3, -0.25) is 13.9 Å². The fourth-order valence-corrected chi connectivity index (χ4v) is 1.67. The Bertz CT molecular complexity index is 715. The SMILES string of the molecule is Cn1c(=O)c2/c(n(C)c1=O)=C\C=C/C=C\C=2. The van der Waals surface area contributed by atoms with Crippen LogP contribution in [-0.2, 0) is 14.1 Å². The average molecular weight is 216 g/mol. The van der Waals surface area contributed by atoms with E-state index in [2.05, 4.69) is 0 Å². The van der Waals surface area contributed by atoms with Crippen LogP contribution in [0.2, 0.25) is 0 Å². The second-order valence-corrected chi connectivity index (χ2v) is 3.61. The van der Waals surface area contributed by atoms with Gasteiger partial charge in [-0.1, -0.05) is 24.3 Å². The van der Waals surface area contributed by atoms with Crippen molar-refractivity contribution in [1.29, 1.82) is 0 Å². The van der Waals surface area contributed by atoms with Crippen molar-refractivity contribution < 1.29 is 0 Å². The molecule has 4 nitrogen and oxygen atoms in total. The molecule has 0 atom stereocenters. The van der Waals surface area contributed by atoms with Crippen LogP contribution in [0, 0.1) is 0 Å². The van der Waals surface area contributed by atoms with Crippen LogP contribution in [0.5, 0.6) is 0 Å². The van der Waals surface area contributed by atoms with E-state index in [4.69, 9.17) is 0 Å². The highest BCUT2D eigenvalue weighted by Crippen LogP contribution is 1.81. The maximum absolute atomic E-state index is 11.9. The first-order valence-corrected chi connectivity index (χ1v) is 4.94. The van der Waals surface area contributed by atoms with E-state index in [0.29, 0.717) is 10.6 Å². The molecule has 1 aromatic rings. The molecule has 0 radical (unpaired) electrons. The smallest absolute Gasteiger partial charge is 0.296 e. The van der Waals surface area contributed by atoms with Gasteiger partial charge >= 0.3 is 5.69 Å². The first kappa shape index (κ1) is 10.4. The lowest BCUT2D eigenvalue weighted by Gasteiger charge is -2.03. The Hall–Kier alpha value is -2.10. The van der Waals surface area contributed by atoms with Crippen LogP contribution < -0.4 is 21.8 Å². The highest BCUT2D eigenvalue weighted by molar-refractivity contribution is 5.45. The number of nitrogens with zero attached hydrogens (tertiary/aromatic N) is 2. The predicted octanol–water partition coefficient (Wildman–Crippen LogP) is -1.23. The first-order valence-electron chi connectivity index (χ1n) is 4.94. The third kappa shape index (κ3) is 1.48. The van der Waals surface area contributed by atoms with Crippen LogP contribution in [0.25, 0.3) is 12.2 Å². The topological polar surface area (TPSA) is 44.0 Å². The number of hydrogen-bond donors (Lipinski definition) is 0. The highest BCUT2D eigenvalue weighted by Gasteiger charge is 2.03. The molecule has 2 rings (SSSR count). The van der Waals surface area contributed by atoms with Gasteiger partial charge in [0.25, 0.3) is 5.56 Å². The van der Waals surface area contributed by atoms with Gasteiger partial charge in [0.2, 0.25) is 0 Å². The molecule has 0 bridgehead atoms. The standard InChI is InChI=1S/C12H12N2O2/c1-13-10-8-6-4-3-5-7-9(10)11(15)14(2)12(13)16/h3-8H,1-2H3/b4-3?,5-3-,6-4-,7-5?,8-6?,9-7+,10-8+. The summed E-state index contributed by atoms with van der Waals surface area (Å²) in [6.07, 6.45) is 10.8. The molecule has 0 aromatic carbocycles. The Balaban J connectivity index is 3.16. The first-order chi connectivity index (χ1) is 7.63. The summed E-state index contributed by atoms with van der Waals surface area (Å²) in [5.41, 5.74) is -0.583. The van der Waals surface area contributed by atoms with E-state index in [-0.39, 0.29) is 11.2 Å². The van der Waals surface area contributed by atoms with E-state index in [1.807, 2.05) is 12.2 Å². The van der Waals surface area contributed by atoms with E-state index in [0.717, 1.165) is 4.57 Å². The molecule has 82 valence electrons. The molecule has 0 spiro atoms. The minimum Gasteiger partial charge on any atom is -0.296 e. The van der Waals surface area contributed by atoms with Crippen LogP contribution >= 0.6 is 0 Å². The Morgan fingerprint density at radius 3 is 2.19 bits per heavy atom. The Labute approximate surface area is 91.8 Å². The molecule has 0 amide bonds. The Morgan fingerprint density at radius 1 is 0.875 bits per heavy atom. The molecule has 0 N–H and O–H groups in total. The molecule has 0 saturated heterocycles. The summed E-state index contributed by atoms with van der Waals surface area (Å²) in [6, 6.07) is 0. The second-order valence-electron chi connectivity index (χ2n) is 3.61. The fraction of sp³-hybridized carbons (Fsp3) is 0.167. The molecule has 1 aliphatic rings. The summed E-state index contributed by atoms with van der Waals surface area (Å²) >= 11 is 0. The number of allylic oxidation sites excluding steroid dienone is 4. The van der Waals surface area contributed by atoms with Gasteiger partial charge in [-0.25, -0.2) is 4.79 Å². The van der Waals surface area contributed by atoms with E-state index < -0.39 is 0 Å². The minimum atomic E-state index is -0.314. The highest BCUT2D eigenvalue weighted by atomic mass is 16.2. The van der Waals surface area contributed by atoms with Gasteiger partial charge in [0, 0.05) is 14.1 Å². The number of hydrogen-bond acceptors (Lipinski definition) is 2. The van der Waals surface area contributed by atoms with E-state index in [1.165, 1.54) is 11.6 Å². The van der Waals surface area contributed by atoms with Gasteiger partial charge < -0.3 is 0 Å². The number of aromatic nitrogens is 2. The third-order valence-corrected chi connectivity index (χ3v) is 2.60. The summed E-state index contributed by atoms with van der Waals surface area (Å²) in [7, 11) is 3.14. The Kier molecular flexibility index (Phi) is 2.48. The lowest BCUT2D eigenvalue weighted by atomic mass is 10.2. The summed E-state index contributed by atoms with van der Waals surface area (Å²) in [6.45, 7) is 0. The van der Waals surface area contributed by atoms with Crippen LogP contribution in [0.4, 0.5) is 0 Å². The van der Waals surface area contributed by atoms with Crippen molar-refractivity contribution in [3.8, 4) is 0 Å². The van der Waals surface area contributed by atoms with Crippen LogP contribution in [-0.4, -0.2) is 9.13 Å². The monoisotopic (exact) mass is 216 g/mol. The van der Waals surface area contributed by atoms with Crippen molar-refractivity contribution >= 4 is 12.2 Å². The van der Waals surface area contributed by atoms with Crippen molar-refractivity contribution in [2.24, 2.45) is 14.1 Å². The average Bonchev–Trinajstić information content (AvgIpc) is 2.24. The number of rotatable bonds is 0. The lowest BCUT2D eigenvalue weighted by molar-refractivity contribution is 0.660. The molecule has 1 aromatic heterocycles. The zero-order valence-electron chi connectivity index (χ0n) is 9.18. The minimum absolute atomic E-state index is 0.269. The predicted molar refractivity (Wildman–Crippen MR) is 63.4 cm³/mol. The van der Waals surface area contributed by atoms with Gasteiger partial charge in [0.05, 0.1) is 10.6 Å². The van der Waals surface area contributed by atoms with Crippen LogP contribution in [0.15, 0.2) is 33.9 Å². The van der Waals surface area contributed by atoms with Gasteiger partial charge in [0.15, 0.2) is 0 Å². The maximum atomic E-state index is 11.9. The van der Waals surface area contributed by atoms with Crippen molar-refractivity contribution in [1.82, 2.24) is 9.13 Å². The quantitative estimate of drug-likeness (QED) is 0.545. The zero-order valence-corrected chi connectivity index (χ0v) is 9.18. The molecule has 1 aliphatic carbocycles. The molecule has 0 saturated carbocycles. The lowest BCUT2D eigenvalue weighted by Crippen LogP contribution is -2.56. The molecule has 1 heterocycles. The summed E-state index contributed by atoms with van der Waals surface area (Å²) < 4.78 is 2.58. The summed E-state index contributed by atoms with van der Waals surface area (Å²) in [5, 5.41) is 1.17. The van der Waals surface area contributed by atoms with Gasteiger partial charge in [-0.05, 0) is 12.2 Å². The van der Waals surface area contributed by atoms with Crippen molar-refractivity contribution in [3.63, 3.8) is 0 Å². The third-order valence-electron chi connectivity index (χ3n) is 2.60. The summed E-state index contributed by atoms with van der Waals surface area (Å²) in [4.78, 5) is 23.6. The van der Waals surface area contributed by atoms with Gasteiger partial charge in [0.1, 0.15) is 0 Å². The van der Waals surface area contributed by atoms with Gasteiger partial charge in [-0.15, -0.1) is 0 Å². The van der Waals surface area contributed by atoms with E-state index in [1.54, 1.807) is 31.4 Å². The zero-order chi connectivity index (χ0) is 11.7. The van der Waals surface area contributed by atoms with Crippen molar-refractivity contribution in [2.75, 3.05) is 0 Å². The largest absolute Gasteiger partial charge is 0.330 e. The molecular formula is C12H12N2O2. The molecule has 0 aliphatic heterocycles. The van der Waals surface area contributed by atoms with E-state index in [9.17, 15) is 9.59 Å². The van der Waals surface area contributed by atoms with Gasteiger partial charge in [-0.2, -0.15) is 0 Å². The summed E-state index contributed by atoms with van der Waals surface area (Å²) in [5.74, 6) is 0. The Morgan fingerprint density at radius 2 is 1.50 bits per heavy atom. The normalized spacial score (nSPS) is 21.6. The molecule has 0 fully saturated rings. The fourth-order valence-electron chi connectivity index (χ4n) is 1.67. The number of fused-ring (bicyclic) bond motifs is 1. The molecule has 16 heavy (non-hydrogen) atoms. The van der Waals surface area contributed by atoms with Crippen molar-refractivity contribution in [3.05, 3.63) is 55.7 Å².